The van der Waals surface area contributed by atoms with E-state index < -0.39 is 0 Å². The van der Waals surface area contributed by atoms with E-state index in [0.29, 0.717) is 33.0 Å². The standard InChI is InChI=1S/C27H26Cl2N4S4/c1-3-35-22-9-7-18(8-10-22)19(13-23-24(15-30)17(2)37-25(23)29)16-31-27-33(11-12-36-27)26(34)32-21-6-4-5-20(28)14-21/h4-10,14,19H,3,11-13,16H2,1-2H3,(H,32,34). The van der Waals surface area contributed by atoms with Gasteiger partial charge in [0.05, 0.1) is 9.90 Å². The minimum atomic E-state index is 0.0734. The van der Waals surface area contributed by atoms with E-state index >= 15 is 0 Å². The van der Waals surface area contributed by atoms with Crippen LogP contribution in [0.4, 0.5) is 5.69 Å². The Bertz CT molecular complexity index is 1330. The molecule has 1 unspecified atom stereocenters. The first-order valence-corrected chi connectivity index (χ1v) is 15.8. The van der Waals surface area contributed by atoms with Crippen LogP contribution in [0.2, 0.25) is 9.36 Å². The number of hydrogen-bond acceptors (Lipinski definition) is 6. The Morgan fingerprint density at radius 2 is 2.05 bits per heavy atom. The predicted octanol–water partition coefficient (Wildman–Crippen LogP) is 8.48. The Balaban J connectivity index is 1.57. The molecule has 1 aliphatic heterocycles. The fourth-order valence-electron chi connectivity index (χ4n) is 4.09. The Hall–Kier alpha value is -1.73. The summed E-state index contributed by atoms with van der Waals surface area (Å²) >= 11 is 23.4. The molecule has 1 aromatic heterocycles. The van der Waals surface area contributed by atoms with Crippen molar-refractivity contribution in [1.29, 1.82) is 5.26 Å². The normalized spacial score (nSPS) is 15.1. The van der Waals surface area contributed by atoms with Gasteiger partial charge in [-0.2, -0.15) is 5.26 Å². The average molecular weight is 606 g/mol. The summed E-state index contributed by atoms with van der Waals surface area (Å²) in [5.41, 5.74) is 3.64. The summed E-state index contributed by atoms with van der Waals surface area (Å²) in [6.07, 6.45) is 0.652. The number of aryl methyl sites for hydroxylation is 1. The first-order valence-electron chi connectivity index (χ1n) is 11.8. The van der Waals surface area contributed by atoms with Gasteiger partial charge in [0.15, 0.2) is 10.3 Å². The van der Waals surface area contributed by atoms with Crippen molar-refractivity contribution < 1.29 is 0 Å². The molecule has 4 nitrogen and oxygen atoms in total. The summed E-state index contributed by atoms with van der Waals surface area (Å²) in [6, 6.07) is 18.5. The highest BCUT2D eigenvalue weighted by Crippen LogP contribution is 2.36. The molecule has 3 aromatic rings. The molecule has 0 saturated carbocycles. The van der Waals surface area contributed by atoms with Gasteiger partial charge in [-0.1, -0.05) is 60.1 Å². The maximum atomic E-state index is 9.76. The molecule has 37 heavy (non-hydrogen) atoms. The molecular formula is C27H26Cl2N4S4. The van der Waals surface area contributed by atoms with E-state index in [0.717, 1.165) is 39.3 Å². The monoisotopic (exact) mass is 604 g/mol. The van der Waals surface area contributed by atoms with Crippen molar-refractivity contribution in [2.24, 2.45) is 4.99 Å². The number of nitriles is 1. The van der Waals surface area contributed by atoms with E-state index in [4.69, 9.17) is 40.4 Å². The number of benzene rings is 2. The van der Waals surface area contributed by atoms with Crippen LogP contribution in [0, 0.1) is 18.3 Å². The van der Waals surface area contributed by atoms with Crippen molar-refractivity contribution >= 4 is 86.2 Å². The molecule has 0 spiro atoms. The molecule has 0 aliphatic carbocycles. The van der Waals surface area contributed by atoms with Gasteiger partial charge in [-0.3, -0.25) is 9.89 Å². The highest BCUT2D eigenvalue weighted by Gasteiger charge is 2.25. The highest BCUT2D eigenvalue weighted by atomic mass is 35.5. The summed E-state index contributed by atoms with van der Waals surface area (Å²) in [4.78, 5) is 9.28. The smallest absolute Gasteiger partial charge is 0.179 e. The zero-order chi connectivity index (χ0) is 26.4. The molecule has 10 heteroatoms. The average Bonchev–Trinajstić information content (AvgIpc) is 3.45. The van der Waals surface area contributed by atoms with Crippen molar-refractivity contribution in [2.45, 2.75) is 31.1 Å². The summed E-state index contributed by atoms with van der Waals surface area (Å²) in [7, 11) is 0. The number of thiocarbonyl (C=S) groups is 1. The lowest BCUT2D eigenvalue weighted by atomic mass is 9.91. The zero-order valence-electron chi connectivity index (χ0n) is 20.5. The minimum absolute atomic E-state index is 0.0734. The molecule has 0 amide bonds. The van der Waals surface area contributed by atoms with Crippen LogP contribution >= 0.6 is 70.3 Å². The van der Waals surface area contributed by atoms with Gasteiger partial charge < -0.3 is 5.32 Å². The number of thiophene rings is 1. The molecule has 192 valence electrons. The molecule has 4 rings (SSSR count). The van der Waals surface area contributed by atoms with Crippen LogP contribution in [-0.2, 0) is 6.42 Å². The van der Waals surface area contributed by atoms with Gasteiger partial charge in [0.2, 0.25) is 0 Å². The topological polar surface area (TPSA) is 51.4 Å². The number of rotatable bonds is 8. The molecule has 0 bridgehead atoms. The Labute approximate surface area is 246 Å². The van der Waals surface area contributed by atoms with Crippen LogP contribution < -0.4 is 5.32 Å². The molecular weight excluding hydrogens is 579 g/mol. The first kappa shape index (κ1) is 28.3. The number of amidine groups is 1. The number of aliphatic imine (C=N–C) groups is 1. The first-order chi connectivity index (χ1) is 17.9. The SMILES string of the molecule is CCSc1ccc(C(CN=C2SCCN2C(=S)Nc2cccc(Cl)c2)Cc2c(Cl)sc(C)c2C#N)cc1. The lowest BCUT2D eigenvalue weighted by Crippen LogP contribution is -2.35. The van der Waals surface area contributed by atoms with E-state index in [1.165, 1.54) is 21.8 Å². The van der Waals surface area contributed by atoms with Crippen molar-refractivity contribution in [3.05, 3.63) is 79.5 Å². The fraction of sp³-hybridized carbons (Fsp3) is 0.296. The molecule has 1 aliphatic rings. The molecule has 2 aromatic carbocycles. The second-order valence-electron chi connectivity index (χ2n) is 8.36. The van der Waals surface area contributed by atoms with Crippen LogP contribution in [0.5, 0.6) is 0 Å². The van der Waals surface area contributed by atoms with Gasteiger partial charge in [0.1, 0.15) is 6.07 Å². The number of hydrogen-bond donors (Lipinski definition) is 1. The highest BCUT2D eigenvalue weighted by molar-refractivity contribution is 8.14. The van der Waals surface area contributed by atoms with Gasteiger partial charge in [0, 0.05) is 50.8 Å². The van der Waals surface area contributed by atoms with Crippen LogP contribution in [0.15, 0.2) is 58.4 Å². The van der Waals surface area contributed by atoms with Crippen molar-refractivity contribution in [3.8, 4) is 6.07 Å². The van der Waals surface area contributed by atoms with E-state index in [-0.39, 0.29) is 5.92 Å². The second kappa shape index (κ2) is 13.4. The quantitative estimate of drug-likeness (QED) is 0.205. The lowest BCUT2D eigenvalue weighted by Gasteiger charge is -2.21. The number of nitrogens with one attached hydrogen (secondary N) is 1. The van der Waals surface area contributed by atoms with E-state index in [1.807, 2.05) is 47.9 Å². The fourth-order valence-corrected chi connectivity index (χ4v) is 7.62. The molecule has 0 radical (unpaired) electrons. The largest absolute Gasteiger partial charge is 0.332 e. The van der Waals surface area contributed by atoms with E-state index in [1.54, 1.807) is 11.8 Å². The number of nitrogens with zero attached hydrogens (tertiary/aromatic N) is 3. The van der Waals surface area contributed by atoms with Crippen LogP contribution in [0.25, 0.3) is 0 Å². The third kappa shape index (κ3) is 7.23. The maximum Gasteiger partial charge on any atom is 0.179 e. The summed E-state index contributed by atoms with van der Waals surface area (Å²) < 4.78 is 0.689. The number of thioether (sulfide) groups is 2. The minimum Gasteiger partial charge on any atom is -0.332 e. The van der Waals surface area contributed by atoms with Crippen LogP contribution in [0.1, 0.15) is 34.4 Å². The second-order valence-corrected chi connectivity index (χ2v) is 13.4. The van der Waals surface area contributed by atoms with Gasteiger partial charge in [-0.15, -0.1) is 23.1 Å². The van der Waals surface area contributed by atoms with Gasteiger partial charge in [0.25, 0.3) is 0 Å². The van der Waals surface area contributed by atoms with Gasteiger partial charge in [-0.25, -0.2) is 0 Å². The summed E-state index contributed by atoms with van der Waals surface area (Å²) in [6.45, 7) is 5.45. The molecule has 2 heterocycles. The number of halogens is 2. The summed E-state index contributed by atoms with van der Waals surface area (Å²) in [5, 5.41) is 15.2. The van der Waals surface area contributed by atoms with Crippen molar-refractivity contribution in [2.75, 3.05) is 29.9 Å². The molecule has 1 saturated heterocycles. The molecule has 1 atom stereocenters. The Kier molecular flexibility index (Phi) is 10.2. The van der Waals surface area contributed by atoms with Gasteiger partial charge >= 0.3 is 0 Å². The third-order valence-corrected chi connectivity index (χ3v) is 9.75. The Morgan fingerprint density at radius 3 is 2.76 bits per heavy atom. The predicted molar refractivity (Wildman–Crippen MR) is 167 cm³/mol. The zero-order valence-corrected chi connectivity index (χ0v) is 25.2. The lowest BCUT2D eigenvalue weighted by molar-refractivity contribution is 0.660. The number of anilines is 1. The summed E-state index contributed by atoms with van der Waals surface area (Å²) in [5.74, 6) is 2.02. The van der Waals surface area contributed by atoms with Crippen LogP contribution in [0.3, 0.4) is 0 Å². The molecule has 1 fully saturated rings. The van der Waals surface area contributed by atoms with Crippen molar-refractivity contribution in [1.82, 2.24) is 4.90 Å². The van der Waals surface area contributed by atoms with Gasteiger partial charge in [-0.05, 0) is 67.2 Å². The third-order valence-electron chi connectivity index (χ3n) is 5.90. The van der Waals surface area contributed by atoms with Crippen molar-refractivity contribution in [3.63, 3.8) is 0 Å². The van der Waals surface area contributed by atoms with Crippen LogP contribution in [-0.4, -0.2) is 39.8 Å². The maximum absolute atomic E-state index is 9.76. The Morgan fingerprint density at radius 1 is 1.27 bits per heavy atom. The van der Waals surface area contributed by atoms with E-state index in [2.05, 4.69) is 42.6 Å². The van der Waals surface area contributed by atoms with E-state index in [9.17, 15) is 5.26 Å². The molecule has 1 N–H and O–H groups in total.